The maximum Gasteiger partial charge on any atom is 0.153 e. The molecule has 1 fully saturated rings. The number of anilines is 1. The fraction of sp³-hybridized carbons (Fsp3) is 0.409. The van der Waals surface area contributed by atoms with Gasteiger partial charge in [0.15, 0.2) is 5.82 Å². The molecule has 136 valence electrons. The average Bonchev–Trinajstić information content (AvgIpc) is 3.44. The zero-order valence-electron chi connectivity index (χ0n) is 15.5. The van der Waals surface area contributed by atoms with E-state index >= 15 is 0 Å². The summed E-state index contributed by atoms with van der Waals surface area (Å²) in [5, 5.41) is 1.38. The highest BCUT2D eigenvalue weighted by molar-refractivity contribution is 5.93. The molecule has 2 aromatic heterocycles. The molecule has 0 amide bonds. The summed E-state index contributed by atoms with van der Waals surface area (Å²) >= 11 is 0. The molecule has 0 saturated heterocycles. The molecule has 1 aliphatic heterocycles. The van der Waals surface area contributed by atoms with Crippen LogP contribution in [0.25, 0.3) is 10.9 Å². The van der Waals surface area contributed by atoms with Crippen molar-refractivity contribution < 1.29 is 0 Å². The summed E-state index contributed by atoms with van der Waals surface area (Å²) in [5.74, 6) is 2.03. The Morgan fingerprint density at radius 1 is 1.08 bits per heavy atom. The molecule has 0 unspecified atom stereocenters. The van der Waals surface area contributed by atoms with Crippen molar-refractivity contribution in [2.75, 3.05) is 11.4 Å². The van der Waals surface area contributed by atoms with Crippen molar-refractivity contribution in [1.29, 1.82) is 0 Å². The Labute approximate surface area is 161 Å². The van der Waals surface area contributed by atoms with Crippen molar-refractivity contribution in [3.05, 3.63) is 58.9 Å². The van der Waals surface area contributed by atoms with Crippen LogP contribution in [0.15, 0.2) is 36.5 Å². The van der Waals surface area contributed by atoms with E-state index in [1.807, 2.05) is 6.20 Å². The van der Waals surface area contributed by atoms with E-state index in [2.05, 4.69) is 53.6 Å². The number of nitrogens with zero attached hydrogens (tertiary/aromatic N) is 3. The van der Waals surface area contributed by atoms with Crippen LogP contribution in [0.2, 0.25) is 0 Å². The van der Waals surface area contributed by atoms with E-state index in [9.17, 15) is 0 Å². The summed E-state index contributed by atoms with van der Waals surface area (Å²) in [6.07, 6.45) is 5.86. The standard InChI is InChI=1S/C22H25N3.ClH/c1-15-16(2)25(13-17-7-8-17)21-20(15)9-11-23-22(21)24-12-10-18-5-3-4-6-19(18)14-24;/h3-6,9,11,17H,7-8,10,12-14H2,1-2H3;1H. The first kappa shape index (κ1) is 17.4. The third-order valence-electron chi connectivity index (χ3n) is 6.09. The van der Waals surface area contributed by atoms with Crippen molar-refractivity contribution >= 4 is 29.1 Å². The molecule has 1 aliphatic carbocycles. The first-order valence-electron chi connectivity index (χ1n) is 9.48. The van der Waals surface area contributed by atoms with E-state index < -0.39 is 0 Å². The van der Waals surface area contributed by atoms with Crippen LogP contribution in [0.3, 0.4) is 0 Å². The molecule has 4 heteroatoms. The maximum absolute atomic E-state index is 4.85. The Bertz CT molecular complexity index is 955. The van der Waals surface area contributed by atoms with Crippen molar-refractivity contribution in [2.45, 2.75) is 46.2 Å². The predicted molar refractivity (Wildman–Crippen MR) is 110 cm³/mol. The van der Waals surface area contributed by atoms with Crippen LogP contribution >= 0.6 is 12.4 Å². The van der Waals surface area contributed by atoms with E-state index in [-0.39, 0.29) is 12.4 Å². The molecule has 0 spiro atoms. The highest BCUT2D eigenvalue weighted by atomic mass is 35.5. The van der Waals surface area contributed by atoms with Crippen LogP contribution in [0.5, 0.6) is 0 Å². The summed E-state index contributed by atoms with van der Waals surface area (Å²) in [6, 6.07) is 11.0. The molecule has 5 rings (SSSR count). The molecular weight excluding hydrogens is 342 g/mol. The monoisotopic (exact) mass is 367 g/mol. The third-order valence-corrected chi connectivity index (χ3v) is 6.09. The van der Waals surface area contributed by atoms with Crippen LogP contribution < -0.4 is 4.90 Å². The second-order valence-corrected chi connectivity index (χ2v) is 7.74. The lowest BCUT2D eigenvalue weighted by molar-refractivity contribution is 0.628. The summed E-state index contributed by atoms with van der Waals surface area (Å²) in [4.78, 5) is 7.33. The second-order valence-electron chi connectivity index (χ2n) is 7.74. The summed E-state index contributed by atoms with van der Waals surface area (Å²) in [5.41, 5.74) is 7.11. The van der Waals surface area contributed by atoms with Crippen molar-refractivity contribution in [2.24, 2.45) is 5.92 Å². The van der Waals surface area contributed by atoms with Gasteiger partial charge < -0.3 is 9.47 Å². The summed E-state index contributed by atoms with van der Waals surface area (Å²) < 4.78 is 2.55. The number of fused-ring (bicyclic) bond motifs is 2. The lowest BCUT2D eigenvalue weighted by atomic mass is 10.00. The molecule has 26 heavy (non-hydrogen) atoms. The van der Waals surface area contributed by atoms with Gasteiger partial charge in [-0.05, 0) is 61.8 Å². The van der Waals surface area contributed by atoms with Gasteiger partial charge in [-0.15, -0.1) is 12.4 Å². The number of aromatic nitrogens is 2. The average molecular weight is 368 g/mol. The van der Waals surface area contributed by atoms with E-state index in [1.54, 1.807) is 0 Å². The fourth-order valence-corrected chi connectivity index (χ4v) is 4.27. The first-order chi connectivity index (χ1) is 12.2. The molecule has 3 aromatic rings. The van der Waals surface area contributed by atoms with Crippen molar-refractivity contribution in [3.8, 4) is 0 Å². The molecule has 2 aliphatic rings. The normalized spacial score (nSPS) is 16.5. The number of halogens is 1. The van der Waals surface area contributed by atoms with Gasteiger partial charge in [-0.2, -0.15) is 0 Å². The molecule has 0 atom stereocenters. The van der Waals surface area contributed by atoms with Crippen LogP contribution in [-0.4, -0.2) is 16.1 Å². The fourth-order valence-electron chi connectivity index (χ4n) is 4.27. The molecule has 3 nitrogen and oxygen atoms in total. The van der Waals surface area contributed by atoms with Crippen LogP contribution in [0.1, 0.15) is 35.2 Å². The van der Waals surface area contributed by atoms with E-state index in [0.717, 1.165) is 32.0 Å². The van der Waals surface area contributed by atoms with Crippen LogP contribution in [0, 0.1) is 19.8 Å². The van der Waals surface area contributed by atoms with Gasteiger partial charge in [-0.3, -0.25) is 0 Å². The highest BCUT2D eigenvalue weighted by Gasteiger charge is 2.27. The van der Waals surface area contributed by atoms with Gasteiger partial charge in [0.05, 0.1) is 5.52 Å². The Balaban J connectivity index is 0.00000168. The highest BCUT2D eigenvalue weighted by Crippen LogP contribution is 2.37. The lowest BCUT2D eigenvalue weighted by Gasteiger charge is -2.30. The molecule has 0 N–H and O–H groups in total. The Morgan fingerprint density at radius 2 is 1.85 bits per heavy atom. The minimum Gasteiger partial charge on any atom is -0.350 e. The number of pyridine rings is 1. The van der Waals surface area contributed by atoms with Gasteiger partial charge in [-0.25, -0.2) is 4.98 Å². The van der Waals surface area contributed by atoms with E-state index in [0.29, 0.717) is 0 Å². The zero-order valence-corrected chi connectivity index (χ0v) is 16.4. The molecule has 1 saturated carbocycles. The van der Waals surface area contributed by atoms with Gasteiger partial charge in [0.2, 0.25) is 0 Å². The van der Waals surface area contributed by atoms with Gasteiger partial charge in [0.1, 0.15) is 0 Å². The van der Waals surface area contributed by atoms with E-state index in [1.165, 1.54) is 51.9 Å². The number of hydrogen-bond acceptors (Lipinski definition) is 2. The lowest BCUT2D eigenvalue weighted by Crippen LogP contribution is -2.31. The van der Waals surface area contributed by atoms with Crippen molar-refractivity contribution in [3.63, 3.8) is 0 Å². The SMILES string of the molecule is Cc1c(C)n(CC2CC2)c2c(N3CCc4ccccc4C3)nccc12.Cl. The molecule has 3 heterocycles. The summed E-state index contributed by atoms with van der Waals surface area (Å²) in [6.45, 7) is 7.70. The third kappa shape index (κ3) is 2.79. The molecule has 0 bridgehead atoms. The number of aryl methyl sites for hydroxylation is 1. The Morgan fingerprint density at radius 3 is 2.62 bits per heavy atom. The predicted octanol–water partition coefficient (Wildman–Crippen LogP) is 5.05. The van der Waals surface area contributed by atoms with Crippen LogP contribution in [0.4, 0.5) is 5.82 Å². The first-order valence-corrected chi connectivity index (χ1v) is 9.48. The number of hydrogen-bond donors (Lipinski definition) is 0. The Hall–Kier alpha value is -2.00. The van der Waals surface area contributed by atoms with Crippen molar-refractivity contribution in [1.82, 2.24) is 9.55 Å². The van der Waals surface area contributed by atoms with Gasteiger partial charge in [-0.1, -0.05) is 24.3 Å². The molecule has 1 aromatic carbocycles. The minimum absolute atomic E-state index is 0. The Kier molecular flexibility index (Phi) is 4.44. The summed E-state index contributed by atoms with van der Waals surface area (Å²) in [7, 11) is 0. The van der Waals surface area contributed by atoms with Gasteiger partial charge in [0.25, 0.3) is 0 Å². The van der Waals surface area contributed by atoms with Crippen LogP contribution in [-0.2, 0) is 19.5 Å². The second kappa shape index (κ2) is 6.62. The van der Waals surface area contributed by atoms with Gasteiger partial charge in [0, 0.05) is 36.9 Å². The topological polar surface area (TPSA) is 21.1 Å². The quantitative estimate of drug-likeness (QED) is 0.646. The van der Waals surface area contributed by atoms with E-state index in [4.69, 9.17) is 4.98 Å². The minimum atomic E-state index is 0. The number of rotatable bonds is 3. The van der Waals surface area contributed by atoms with Gasteiger partial charge >= 0.3 is 0 Å². The zero-order chi connectivity index (χ0) is 17.0. The smallest absolute Gasteiger partial charge is 0.153 e. The maximum atomic E-state index is 4.85. The molecular formula is C22H26ClN3. The molecule has 0 radical (unpaired) electrons. The largest absolute Gasteiger partial charge is 0.350 e. The number of benzene rings is 1.